The van der Waals surface area contributed by atoms with Crippen LogP contribution >= 0.6 is 0 Å². The van der Waals surface area contributed by atoms with E-state index < -0.39 is 0 Å². The van der Waals surface area contributed by atoms with Crippen molar-refractivity contribution in [3.8, 4) is 0 Å². The Balaban J connectivity index is 2.44. The Kier molecular flexibility index (Phi) is 1.94. The quantitative estimate of drug-likeness (QED) is 0.596. The summed E-state index contributed by atoms with van der Waals surface area (Å²) in [5.74, 6) is 0. The first-order chi connectivity index (χ1) is 5.90. The lowest BCUT2D eigenvalue weighted by atomic mass is 10.0. The molecule has 1 aliphatic rings. The van der Waals surface area contributed by atoms with Crippen molar-refractivity contribution in [2.75, 3.05) is 0 Å². The van der Waals surface area contributed by atoms with Crippen LogP contribution in [-0.2, 0) is 12.8 Å². The van der Waals surface area contributed by atoms with Crippen LogP contribution in [0.25, 0.3) is 0 Å². The Bertz CT molecular complexity index is 313. The van der Waals surface area contributed by atoms with Gasteiger partial charge >= 0.3 is 0 Å². The first kappa shape index (κ1) is 7.53. The van der Waals surface area contributed by atoms with Gasteiger partial charge in [-0.2, -0.15) is 0 Å². The summed E-state index contributed by atoms with van der Waals surface area (Å²) in [5.41, 5.74) is 3.82. The van der Waals surface area contributed by atoms with Crippen molar-refractivity contribution in [1.29, 1.82) is 0 Å². The van der Waals surface area contributed by atoms with Crippen molar-refractivity contribution in [2.24, 2.45) is 4.99 Å². The molecule has 1 aromatic rings. The standard InChI is InChI=1S/C11H12N/c1-2-9-5-6-11-10(8-9)4-3-7-12-11/h5-8H,1-4H2. The van der Waals surface area contributed by atoms with E-state index in [1.54, 1.807) is 0 Å². The number of rotatable bonds is 1. The highest BCUT2D eigenvalue weighted by Crippen LogP contribution is 2.24. The molecule has 0 spiro atoms. The highest BCUT2D eigenvalue weighted by atomic mass is 14.7. The zero-order valence-electron chi connectivity index (χ0n) is 7.09. The summed E-state index contributed by atoms with van der Waals surface area (Å²) in [6.45, 7) is 3.87. The number of benzene rings is 1. The molecule has 0 fully saturated rings. The second-order valence-corrected chi connectivity index (χ2v) is 3.06. The molecule has 0 aliphatic carbocycles. The average Bonchev–Trinajstić information content (AvgIpc) is 2.17. The van der Waals surface area contributed by atoms with Gasteiger partial charge in [0.15, 0.2) is 0 Å². The molecule has 1 heteroatoms. The van der Waals surface area contributed by atoms with E-state index in [1.165, 1.54) is 11.1 Å². The molecule has 0 atom stereocenters. The molecule has 0 saturated carbocycles. The molecule has 0 amide bonds. The summed E-state index contributed by atoms with van der Waals surface area (Å²) < 4.78 is 0. The van der Waals surface area contributed by atoms with Gasteiger partial charge in [0.2, 0.25) is 0 Å². The first-order valence-corrected chi connectivity index (χ1v) is 4.34. The number of fused-ring (bicyclic) bond motifs is 1. The zero-order chi connectivity index (χ0) is 8.39. The molecule has 0 aromatic heterocycles. The van der Waals surface area contributed by atoms with Crippen molar-refractivity contribution < 1.29 is 0 Å². The van der Waals surface area contributed by atoms with Gasteiger partial charge in [0.05, 0.1) is 5.69 Å². The van der Waals surface area contributed by atoms with Crippen molar-refractivity contribution in [3.05, 3.63) is 36.2 Å². The lowest BCUT2D eigenvalue weighted by molar-refractivity contribution is 1.02. The van der Waals surface area contributed by atoms with Crippen molar-refractivity contribution in [1.82, 2.24) is 0 Å². The van der Waals surface area contributed by atoms with Crippen LogP contribution in [0.5, 0.6) is 0 Å². The van der Waals surface area contributed by atoms with Gasteiger partial charge in [-0.3, -0.25) is 4.99 Å². The summed E-state index contributed by atoms with van der Waals surface area (Å²) in [5, 5.41) is 0. The fourth-order valence-electron chi connectivity index (χ4n) is 1.50. The smallest absolute Gasteiger partial charge is 0.0657 e. The van der Waals surface area contributed by atoms with Gasteiger partial charge < -0.3 is 0 Å². The third-order valence-corrected chi connectivity index (χ3v) is 2.21. The molecule has 1 nitrogen and oxygen atoms in total. The van der Waals surface area contributed by atoms with E-state index in [0.29, 0.717) is 0 Å². The normalized spacial score (nSPS) is 14.4. The van der Waals surface area contributed by atoms with E-state index in [-0.39, 0.29) is 0 Å². The summed E-state index contributed by atoms with van der Waals surface area (Å²) in [4.78, 5) is 4.32. The van der Waals surface area contributed by atoms with Crippen molar-refractivity contribution >= 4 is 11.9 Å². The van der Waals surface area contributed by atoms with Crippen LogP contribution < -0.4 is 0 Å². The van der Waals surface area contributed by atoms with Crippen LogP contribution in [0.2, 0.25) is 0 Å². The summed E-state index contributed by atoms with van der Waals surface area (Å²) in [6, 6.07) is 6.42. The minimum atomic E-state index is 0.872. The highest BCUT2D eigenvalue weighted by Gasteiger charge is 2.04. The Labute approximate surface area is 73.1 Å². The predicted octanol–water partition coefficient (Wildman–Crippen LogP) is 2.71. The van der Waals surface area contributed by atoms with Crippen LogP contribution in [0.4, 0.5) is 5.69 Å². The van der Waals surface area contributed by atoms with E-state index in [0.717, 1.165) is 24.9 Å². The Morgan fingerprint density at radius 3 is 3.17 bits per heavy atom. The monoisotopic (exact) mass is 158 g/mol. The predicted molar refractivity (Wildman–Crippen MR) is 52.0 cm³/mol. The second kappa shape index (κ2) is 3.10. The van der Waals surface area contributed by atoms with Gasteiger partial charge in [0.1, 0.15) is 0 Å². The topological polar surface area (TPSA) is 12.4 Å². The first-order valence-electron chi connectivity index (χ1n) is 4.34. The van der Waals surface area contributed by atoms with Crippen LogP contribution in [-0.4, -0.2) is 6.21 Å². The summed E-state index contributed by atoms with van der Waals surface area (Å²) >= 11 is 0. The number of nitrogens with zero attached hydrogens (tertiary/aromatic N) is 1. The number of aliphatic imine (C=N–C) groups is 1. The highest BCUT2D eigenvalue weighted by molar-refractivity contribution is 5.68. The van der Waals surface area contributed by atoms with Gasteiger partial charge in [-0.05, 0) is 43.4 Å². The SMILES string of the molecule is [CH2]Cc1ccc2c(c1)CCC=N2. The maximum atomic E-state index is 4.32. The summed E-state index contributed by atoms with van der Waals surface area (Å²) in [7, 11) is 0. The van der Waals surface area contributed by atoms with Gasteiger partial charge in [-0.15, -0.1) is 0 Å². The lowest BCUT2D eigenvalue weighted by Gasteiger charge is -2.10. The fraction of sp³-hybridized carbons (Fsp3) is 0.273. The molecule has 1 heterocycles. The Morgan fingerprint density at radius 2 is 2.33 bits per heavy atom. The van der Waals surface area contributed by atoms with E-state index in [9.17, 15) is 0 Å². The van der Waals surface area contributed by atoms with Crippen LogP contribution in [0.15, 0.2) is 23.2 Å². The van der Waals surface area contributed by atoms with Crippen LogP contribution in [0, 0.1) is 6.92 Å². The second-order valence-electron chi connectivity index (χ2n) is 3.06. The molecule has 0 bridgehead atoms. The molecule has 1 aromatic carbocycles. The molecular formula is C11H12N. The molecule has 1 aliphatic heterocycles. The molecule has 0 unspecified atom stereocenters. The number of aryl methyl sites for hydroxylation is 1. The molecule has 61 valence electrons. The molecule has 2 rings (SSSR count). The molecule has 0 N–H and O–H groups in total. The minimum Gasteiger partial charge on any atom is -0.261 e. The van der Waals surface area contributed by atoms with Gasteiger partial charge in [-0.1, -0.05) is 12.1 Å². The molecule has 12 heavy (non-hydrogen) atoms. The number of hydrogen-bond donors (Lipinski definition) is 0. The van der Waals surface area contributed by atoms with Crippen molar-refractivity contribution in [2.45, 2.75) is 19.3 Å². The van der Waals surface area contributed by atoms with Crippen molar-refractivity contribution in [3.63, 3.8) is 0 Å². The lowest BCUT2D eigenvalue weighted by Crippen LogP contribution is -1.94. The minimum absolute atomic E-state index is 0.872. The van der Waals surface area contributed by atoms with E-state index in [1.807, 2.05) is 6.21 Å². The van der Waals surface area contributed by atoms with E-state index >= 15 is 0 Å². The molecular weight excluding hydrogens is 146 g/mol. The molecule has 1 radical (unpaired) electrons. The summed E-state index contributed by atoms with van der Waals surface area (Å²) in [6.07, 6.45) is 5.07. The van der Waals surface area contributed by atoms with Gasteiger partial charge in [-0.25, -0.2) is 0 Å². The average molecular weight is 158 g/mol. The van der Waals surface area contributed by atoms with Gasteiger partial charge in [0.25, 0.3) is 0 Å². The van der Waals surface area contributed by atoms with Crippen LogP contribution in [0.3, 0.4) is 0 Å². The zero-order valence-corrected chi connectivity index (χ0v) is 7.09. The fourth-order valence-corrected chi connectivity index (χ4v) is 1.50. The molecule has 0 saturated heterocycles. The Hall–Kier alpha value is -1.11. The maximum absolute atomic E-state index is 4.32. The van der Waals surface area contributed by atoms with Gasteiger partial charge in [0, 0.05) is 6.21 Å². The third-order valence-electron chi connectivity index (χ3n) is 2.21. The van der Waals surface area contributed by atoms with E-state index in [4.69, 9.17) is 0 Å². The largest absolute Gasteiger partial charge is 0.261 e. The maximum Gasteiger partial charge on any atom is 0.0657 e. The van der Waals surface area contributed by atoms with Crippen LogP contribution in [0.1, 0.15) is 17.5 Å². The van der Waals surface area contributed by atoms with E-state index in [2.05, 4.69) is 30.1 Å². The Morgan fingerprint density at radius 1 is 1.42 bits per heavy atom. The third kappa shape index (κ3) is 1.27. The number of hydrogen-bond acceptors (Lipinski definition) is 1.